The van der Waals surface area contributed by atoms with Crippen LogP contribution in [0.25, 0.3) is 0 Å². The number of anilines is 1. The summed E-state index contributed by atoms with van der Waals surface area (Å²) >= 11 is 5.61. The first kappa shape index (κ1) is 20.2. The van der Waals surface area contributed by atoms with E-state index in [-0.39, 0.29) is 18.0 Å². The van der Waals surface area contributed by atoms with Gasteiger partial charge in [0.05, 0.1) is 23.0 Å². The fourth-order valence-electron chi connectivity index (χ4n) is 3.46. The molecule has 1 atom stereocenters. The van der Waals surface area contributed by atoms with Crippen molar-refractivity contribution < 1.29 is 22.8 Å². The van der Waals surface area contributed by atoms with Crippen LogP contribution in [0.5, 0.6) is 0 Å². The number of hydrogen-bond acceptors (Lipinski definition) is 2. The van der Waals surface area contributed by atoms with Gasteiger partial charge in [0.25, 0.3) is 0 Å². The number of carbonyl (C=O) groups excluding carboxylic acids is 2. The van der Waals surface area contributed by atoms with E-state index in [1.165, 1.54) is 13.0 Å². The number of hydrogen-bond donors (Lipinski definition) is 1. The first-order valence-electron chi connectivity index (χ1n) is 8.68. The Bertz CT molecular complexity index is 915. The molecular formula is C20H18ClF3N2O2. The van der Waals surface area contributed by atoms with Crippen LogP contribution < -0.4 is 5.32 Å². The number of carbonyl (C=O) groups is 2. The second kappa shape index (κ2) is 7.83. The number of alkyl halides is 3. The quantitative estimate of drug-likeness (QED) is 0.787. The van der Waals surface area contributed by atoms with Crippen molar-refractivity contribution in [3.05, 3.63) is 64.2 Å². The van der Waals surface area contributed by atoms with Gasteiger partial charge in [-0.15, -0.1) is 0 Å². The molecule has 28 heavy (non-hydrogen) atoms. The molecule has 1 unspecified atom stereocenters. The zero-order valence-electron chi connectivity index (χ0n) is 15.0. The molecule has 1 aliphatic rings. The zero-order chi connectivity index (χ0) is 20.5. The largest absolute Gasteiger partial charge is 0.417 e. The standard InChI is InChI=1S/C20H18ClF3N2O2/c1-12(27)26-9-8-13-4-2-3-5-15(13)18(26)11-19(28)25-14-6-7-17(21)16(10-14)20(22,23)24/h2-7,10,18H,8-9,11H2,1H3,(H,25,28). The fourth-order valence-corrected chi connectivity index (χ4v) is 3.68. The molecule has 1 aliphatic heterocycles. The van der Waals surface area contributed by atoms with E-state index in [0.717, 1.165) is 23.3 Å². The summed E-state index contributed by atoms with van der Waals surface area (Å²) < 4.78 is 39.0. The highest BCUT2D eigenvalue weighted by Gasteiger charge is 2.34. The van der Waals surface area contributed by atoms with E-state index in [0.29, 0.717) is 13.0 Å². The number of halogens is 4. The molecule has 2 amide bonds. The van der Waals surface area contributed by atoms with Gasteiger partial charge >= 0.3 is 6.18 Å². The summed E-state index contributed by atoms with van der Waals surface area (Å²) in [5.74, 6) is -0.637. The van der Waals surface area contributed by atoms with Crippen molar-refractivity contribution in [1.29, 1.82) is 0 Å². The molecule has 0 spiro atoms. The molecule has 0 aliphatic carbocycles. The van der Waals surface area contributed by atoms with Crippen LogP contribution in [0.2, 0.25) is 5.02 Å². The molecular weight excluding hydrogens is 393 g/mol. The summed E-state index contributed by atoms with van der Waals surface area (Å²) in [6.45, 7) is 1.93. The normalized spacial score (nSPS) is 16.5. The minimum Gasteiger partial charge on any atom is -0.335 e. The van der Waals surface area contributed by atoms with E-state index in [1.807, 2.05) is 24.3 Å². The fraction of sp³-hybridized carbons (Fsp3) is 0.300. The van der Waals surface area contributed by atoms with Crippen molar-refractivity contribution in [3.8, 4) is 0 Å². The van der Waals surface area contributed by atoms with Crippen molar-refractivity contribution in [1.82, 2.24) is 4.90 Å². The van der Waals surface area contributed by atoms with E-state index in [2.05, 4.69) is 5.32 Å². The van der Waals surface area contributed by atoms with Gasteiger partial charge in [-0.05, 0) is 35.7 Å². The van der Waals surface area contributed by atoms with E-state index in [1.54, 1.807) is 4.90 Å². The number of benzene rings is 2. The maximum absolute atomic E-state index is 13.0. The van der Waals surface area contributed by atoms with E-state index >= 15 is 0 Å². The number of nitrogens with one attached hydrogen (secondary N) is 1. The molecule has 0 saturated heterocycles. The molecule has 2 aromatic carbocycles. The van der Waals surface area contributed by atoms with Gasteiger partial charge in [0.2, 0.25) is 11.8 Å². The monoisotopic (exact) mass is 410 g/mol. The lowest BCUT2D eigenvalue weighted by atomic mass is 9.90. The lowest BCUT2D eigenvalue weighted by Crippen LogP contribution is -2.40. The van der Waals surface area contributed by atoms with Crippen LogP contribution in [-0.2, 0) is 22.2 Å². The second-order valence-electron chi connectivity index (χ2n) is 6.62. The Hall–Kier alpha value is -2.54. The molecule has 2 aromatic rings. The maximum Gasteiger partial charge on any atom is 0.417 e. The molecule has 4 nitrogen and oxygen atoms in total. The van der Waals surface area contributed by atoms with E-state index < -0.39 is 28.7 Å². The summed E-state index contributed by atoms with van der Waals surface area (Å²) in [6, 6.07) is 10.3. The van der Waals surface area contributed by atoms with Crippen LogP contribution in [-0.4, -0.2) is 23.3 Å². The highest BCUT2D eigenvalue weighted by molar-refractivity contribution is 6.31. The third kappa shape index (κ3) is 4.30. The van der Waals surface area contributed by atoms with E-state index in [9.17, 15) is 22.8 Å². The minimum absolute atomic E-state index is 0.000180. The molecule has 1 N–H and O–H groups in total. The third-order valence-electron chi connectivity index (χ3n) is 4.75. The predicted molar refractivity (Wildman–Crippen MR) is 100.0 cm³/mol. The summed E-state index contributed by atoms with van der Waals surface area (Å²) in [7, 11) is 0. The number of nitrogens with zero attached hydrogens (tertiary/aromatic N) is 1. The van der Waals surface area contributed by atoms with Crippen molar-refractivity contribution in [3.63, 3.8) is 0 Å². The Morgan fingerprint density at radius 3 is 2.61 bits per heavy atom. The Morgan fingerprint density at radius 1 is 1.21 bits per heavy atom. The van der Waals surface area contributed by atoms with Gasteiger partial charge in [-0.25, -0.2) is 0 Å². The smallest absolute Gasteiger partial charge is 0.335 e. The number of fused-ring (bicyclic) bond motifs is 1. The van der Waals surface area contributed by atoms with Crippen LogP contribution in [0.1, 0.15) is 36.1 Å². The van der Waals surface area contributed by atoms with Gasteiger partial charge in [-0.2, -0.15) is 13.2 Å². The summed E-state index contributed by atoms with van der Waals surface area (Å²) in [4.78, 5) is 26.2. The molecule has 0 radical (unpaired) electrons. The topological polar surface area (TPSA) is 49.4 Å². The van der Waals surface area contributed by atoms with Crippen LogP contribution in [0.3, 0.4) is 0 Å². The summed E-state index contributed by atoms with van der Waals surface area (Å²) in [5.41, 5.74) is 0.926. The Labute approximate surface area is 165 Å². The lowest BCUT2D eigenvalue weighted by molar-refractivity contribution is -0.137. The Balaban J connectivity index is 1.81. The number of amides is 2. The molecule has 1 heterocycles. The first-order chi connectivity index (χ1) is 13.2. The van der Waals surface area contributed by atoms with Crippen LogP contribution in [0.4, 0.5) is 18.9 Å². The minimum atomic E-state index is -4.62. The van der Waals surface area contributed by atoms with E-state index in [4.69, 9.17) is 11.6 Å². The van der Waals surface area contributed by atoms with Gasteiger partial charge in [0.1, 0.15) is 0 Å². The van der Waals surface area contributed by atoms with Crippen LogP contribution >= 0.6 is 11.6 Å². The first-order valence-corrected chi connectivity index (χ1v) is 9.06. The highest BCUT2D eigenvalue weighted by atomic mass is 35.5. The molecule has 0 bridgehead atoms. The Morgan fingerprint density at radius 2 is 1.93 bits per heavy atom. The molecule has 0 aromatic heterocycles. The van der Waals surface area contributed by atoms with Gasteiger partial charge in [0.15, 0.2) is 0 Å². The van der Waals surface area contributed by atoms with Gasteiger partial charge in [0, 0.05) is 19.2 Å². The molecule has 3 rings (SSSR count). The SMILES string of the molecule is CC(=O)N1CCc2ccccc2C1CC(=O)Nc1ccc(Cl)c(C(F)(F)F)c1. The molecule has 148 valence electrons. The van der Waals surface area contributed by atoms with Crippen molar-refractivity contribution in [2.24, 2.45) is 0 Å². The maximum atomic E-state index is 13.0. The Kier molecular flexibility index (Phi) is 5.65. The summed E-state index contributed by atoms with van der Waals surface area (Å²) in [5, 5.41) is 2.05. The average molecular weight is 411 g/mol. The zero-order valence-corrected chi connectivity index (χ0v) is 15.8. The lowest BCUT2D eigenvalue weighted by Gasteiger charge is -2.36. The van der Waals surface area contributed by atoms with Crippen molar-refractivity contribution in [2.75, 3.05) is 11.9 Å². The van der Waals surface area contributed by atoms with Crippen molar-refractivity contribution >= 4 is 29.1 Å². The summed E-state index contributed by atoms with van der Waals surface area (Å²) in [6.07, 6.45) is -3.98. The average Bonchev–Trinajstić information content (AvgIpc) is 2.62. The van der Waals surface area contributed by atoms with Gasteiger partial charge in [-0.1, -0.05) is 35.9 Å². The van der Waals surface area contributed by atoms with Gasteiger partial charge in [-0.3, -0.25) is 9.59 Å². The molecule has 0 fully saturated rings. The van der Waals surface area contributed by atoms with Crippen molar-refractivity contribution in [2.45, 2.75) is 32.0 Å². The molecule has 0 saturated carbocycles. The predicted octanol–water partition coefficient (Wildman–Crippen LogP) is 4.83. The van der Waals surface area contributed by atoms with Crippen LogP contribution in [0.15, 0.2) is 42.5 Å². The second-order valence-corrected chi connectivity index (χ2v) is 7.03. The highest BCUT2D eigenvalue weighted by Crippen LogP contribution is 2.37. The number of rotatable bonds is 3. The van der Waals surface area contributed by atoms with Gasteiger partial charge < -0.3 is 10.2 Å². The van der Waals surface area contributed by atoms with Crippen LogP contribution in [0, 0.1) is 0 Å². The third-order valence-corrected chi connectivity index (χ3v) is 5.08. The molecule has 8 heteroatoms.